The van der Waals surface area contributed by atoms with Crippen molar-refractivity contribution in [2.45, 2.75) is 89.8 Å². The molecule has 0 spiro atoms. The monoisotopic (exact) mass is 540 g/mol. The maximum Gasteiger partial charge on any atom is 0.261 e. The van der Waals surface area contributed by atoms with Crippen molar-refractivity contribution < 1.29 is 18.7 Å². The minimum Gasteiger partial charge on any atom is -0.414 e. The lowest BCUT2D eigenvalue weighted by atomic mass is 9.98. The Labute approximate surface area is 227 Å². The van der Waals surface area contributed by atoms with Gasteiger partial charge >= 0.3 is 0 Å². The van der Waals surface area contributed by atoms with Crippen LogP contribution in [0.1, 0.15) is 54.4 Å². The van der Waals surface area contributed by atoms with Crippen LogP contribution in [-0.4, -0.2) is 53.8 Å². The molecular weight excluding hydrogens is 493 g/mol. The van der Waals surface area contributed by atoms with E-state index in [-0.39, 0.29) is 23.9 Å². The second-order valence-electron chi connectivity index (χ2n) is 11.4. The Hall–Kier alpha value is -1.55. The van der Waals surface area contributed by atoms with Gasteiger partial charge in [0.15, 0.2) is 8.32 Å². The molecule has 0 aliphatic carbocycles. The van der Waals surface area contributed by atoms with E-state index in [4.69, 9.17) is 13.6 Å². The number of hydrogen-bond donors (Lipinski definition) is 1. The number of ether oxygens (including phenoxy) is 1. The summed E-state index contributed by atoms with van der Waals surface area (Å²) < 4.78 is 19.8. The van der Waals surface area contributed by atoms with Crippen molar-refractivity contribution in [1.82, 2.24) is 0 Å². The zero-order chi connectivity index (χ0) is 26.9. The van der Waals surface area contributed by atoms with Gasteiger partial charge in [0.25, 0.3) is 8.32 Å². The van der Waals surface area contributed by atoms with Crippen LogP contribution in [0.15, 0.2) is 72.3 Å². The van der Waals surface area contributed by atoms with Gasteiger partial charge in [0, 0.05) is 0 Å². The Bertz CT molecular complexity index is 920. The minimum absolute atomic E-state index is 0.0125. The topological polar surface area (TPSA) is 47.9 Å². The van der Waals surface area contributed by atoms with Crippen LogP contribution in [-0.2, 0) is 13.6 Å². The van der Waals surface area contributed by atoms with Gasteiger partial charge in [0.05, 0.1) is 32.0 Å². The van der Waals surface area contributed by atoms with E-state index in [0.717, 1.165) is 31.0 Å². The molecule has 0 aromatic heterocycles. The van der Waals surface area contributed by atoms with E-state index in [1.54, 1.807) is 0 Å². The van der Waals surface area contributed by atoms with Gasteiger partial charge in [-0.3, -0.25) is 0 Å². The van der Waals surface area contributed by atoms with Crippen molar-refractivity contribution >= 4 is 27.0 Å². The molecule has 1 N–H and O–H groups in total. The average Bonchev–Trinajstić information content (AvgIpc) is 2.92. The number of benzene rings is 2. The summed E-state index contributed by atoms with van der Waals surface area (Å²) in [7, 11) is -4.26. The molecule has 1 aliphatic rings. The molecule has 1 heterocycles. The van der Waals surface area contributed by atoms with Crippen LogP contribution in [0.4, 0.5) is 0 Å². The van der Waals surface area contributed by atoms with Crippen molar-refractivity contribution in [3.8, 4) is 0 Å². The maximum absolute atomic E-state index is 9.94. The third-order valence-electron chi connectivity index (χ3n) is 8.17. The molecule has 0 unspecified atom stereocenters. The van der Waals surface area contributed by atoms with Crippen LogP contribution in [0.2, 0.25) is 23.2 Å². The molecule has 0 saturated carbocycles. The lowest BCUT2D eigenvalue weighted by Gasteiger charge is -2.43. The summed E-state index contributed by atoms with van der Waals surface area (Å²) in [5, 5.41) is 12.5. The number of aliphatic hydroxyl groups excluding tert-OH is 1. The molecule has 2 aromatic carbocycles. The van der Waals surface area contributed by atoms with E-state index < -0.39 is 16.6 Å². The quantitative estimate of drug-likeness (QED) is 0.263. The average molecular weight is 541 g/mol. The Morgan fingerprint density at radius 1 is 0.838 bits per heavy atom. The first-order valence-electron chi connectivity index (χ1n) is 14.1. The van der Waals surface area contributed by atoms with Gasteiger partial charge in [-0.25, -0.2) is 0 Å². The maximum atomic E-state index is 9.94. The molecule has 1 fully saturated rings. The fourth-order valence-corrected chi connectivity index (χ4v) is 12.9. The highest BCUT2D eigenvalue weighted by atomic mass is 28.4. The summed E-state index contributed by atoms with van der Waals surface area (Å²) in [5.41, 5.74) is 1.30. The molecule has 37 heavy (non-hydrogen) atoms. The second-order valence-corrected chi connectivity index (χ2v) is 20.4. The first kappa shape index (κ1) is 30.0. The number of rotatable bonds is 12. The first-order valence-corrected chi connectivity index (χ1v) is 18.5. The Kier molecular flexibility index (Phi) is 10.9. The van der Waals surface area contributed by atoms with Gasteiger partial charge < -0.3 is 18.7 Å². The van der Waals surface area contributed by atoms with Crippen molar-refractivity contribution in [3.05, 3.63) is 72.3 Å². The van der Waals surface area contributed by atoms with E-state index in [0.29, 0.717) is 13.2 Å². The summed E-state index contributed by atoms with van der Waals surface area (Å²) >= 11 is 0. The number of aliphatic hydroxyl groups is 1. The fraction of sp³-hybridized carbons (Fsp3) is 0.548. The normalized spacial score (nSPS) is 20.4. The van der Waals surface area contributed by atoms with Gasteiger partial charge in [-0.1, -0.05) is 114 Å². The molecule has 0 amide bonds. The summed E-state index contributed by atoms with van der Waals surface area (Å²) in [5.74, 6) is 0. The Balaban J connectivity index is 1.83. The molecule has 0 radical (unpaired) electrons. The Morgan fingerprint density at radius 3 is 1.81 bits per heavy atom. The number of hydrogen-bond acceptors (Lipinski definition) is 4. The van der Waals surface area contributed by atoms with Crippen molar-refractivity contribution in [2.75, 3.05) is 19.8 Å². The smallest absolute Gasteiger partial charge is 0.261 e. The third-order valence-corrected chi connectivity index (χ3v) is 17.8. The molecule has 2 aromatic rings. The van der Waals surface area contributed by atoms with Crippen LogP contribution in [0.3, 0.4) is 0 Å². The highest BCUT2D eigenvalue weighted by Crippen LogP contribution is 2.37. The molecule has 3 rings (SSSR count). The first-order chi connectivity index (χ1) is 17.7. The summed E-state index contributed by atoms with van der Waals surface area (Å²) in [6.07, 6.45) is 3.64. The zero-order valence-electron chi connectivity index (χ0n) is 23.8. The third kappa shape index (κ3) is 7.11. The lowest BCUT2D eigenvalue weighted by molar-refractivity contribution is -0.0725. The molecule has 204 valence electrons. The van der Waals surface area contributed by atoms with E-state index in [2.05, 4.69) is 108 Å². The SMILES string of the molecule is CC[Si](CC)(CC)OC[C@@H]1C/C(=C/CO[Si](c2ccccc2)(c2ccccc2)C(C)(C)C)C[C@H](CO)O1. The molecule has 6 heteroatoms. The standard InChI is InChI=1S/C31H48O4Si2/c1-7-36(8-2,9-3)34-25-28-23-26(22-27(24-32)35-28)20-21-33-37(31(4,5)6,29-16-12-10-13-17-29)30-18-14-11-15-19-30/h10-20,27-28,32H,7-9,21-25H2,1-6H3/b26-20+/t27-,28+/m1/s1. The predicted octanol–water partition coefficient (Wildman–Crippen LogP) is 6.05. The van der Waals surface area contributed by atoms with Gasteiger partial charge in [-0.05, 0) is 46.4 Å². The molecular formula is C31H48O4Si2. The molecule has 0 bridgehead atoms. The molecule has 2 atom stereocenters. The van der Waals surface area contributed by atoms with E-state index >= 15 is 0 Å². The van der Waals surface area contributed by atoms with Gasteiger partial charge in [0.2, 0.25) is 0 Å². The van der Waals surface area contributed by atoms with Crippen LogP contribution in [0.5, 0.6) is 0 Å². The van der Waals surface area contributed by atoms with E-state index in [9.17, 15) is 5.11 Å². The van der Waals surface area contributed by atoms with Gasteiger partial charge in [-0.15, -0.1) is 0 Å². The highest BCUT2D eigenvalue weighted by Gasteiger charge is 2.50. The van der Waals surface area contributed by atoms with Crippen LogP contribution < -0.4 is 10.4 Å². The Morgan fingerprint density at radius 2 is 1.35 bits per heavy atom. The lowest BCUT2D eigenvalue weighted by Crippen LogP contribution is -2.66. The van der Waals surface area contributed by atoms with Gasteiger partial charge in [0.1, 0.15) is 0 Å². The largest absolute Gasteiger partial charge is 0.414 e. The fourth-order valence-electron chi connectivity index (χ4n) is 5.78. The zero-order valence-corrected chi connectivity index (χ0v) is 25.8. The van der Waals surface area contributed by atoms with Crippen LogP contribution in [0.25, 0.3) is 0 Å². The van der Waals surface area contributed by atoms with E-state index in [1.165, 1.54) is 15.9 Å². The van der Waals surface area contributed by atoms with Crippen molar-refractivity contribution in [2.24, 2.45) is 0 Å². The minimum atomic E-state index is -2.58. The summed E-state index contributed by atoms with van der Waals surface area (Å²) in [6, 6.07) is 24.9. The molecule has 1 saturated heterocycles. The molecule has 1 aliphatic heterocycles. The van der Waals surface area contributed by atoms with Crippen molar-refractivity contribution in [3.63, 3.8) is 0 Å². The summed E-state index contributed by atoms with van der Waals surface area (Å²) in [6.45, 7) is 14.9. The second kappa shape index (κ2) is 13.5. The highest BCUT2D eigenvalue weighted by molar-refractivity contribution is 6.99. The predicted molar refractivity (Wildman–Crippen MR) is 160 cm³/mol. The molecule has 4 nitrogen and oxygen atoms in total. The van der Waals surface area contributed by atoms with Gasteiger partial charge in [-0.2, -0.15) is 0 Å². The van der Waals surface area contributed by atoms with Crippen LogP contribution >= 0.6 is 0 Å². The van der Waals surface area contributed by atoms with E-state index in [1.807, 2.05) is 0 Å². The summed E-state index contributed by atoms with van der Waals surface area (Å²) in [4.78, 5) is 0. The van der Waals surface area contributed by atoms with Crippen LogP contribution in [0, 0.1) is 0 Å². The van der Waals surface area contributed by atoms with Crippen molar-refractivity contribution in [1.29, 1.82) is 0 Å².